The molecule has 0 heterocycles. The van der Waals surface area contributed by atoms with Gasteiger partial charge in [-0.1, -0.05) is 15.9 Å². The number of urea groups is 1. The van der Waals surface area contributed by atoms with Crippen molar-refractivity contribution < 1.29 is 9.18 Å². The first-order valence-corrected chi connectivity index (χ1v) is 4.84. The molecule has 15 heavy (non-hydrogen) atoms. The van der Waals surface area contributed by atoms with Crippen LogP contribution in [0.2, 0.25) is 0 Å². The minimum Gasteiger partial charge on any atom is -0.350 e. The van der Waals surface area contributed by atoms with Crippen molar-refractivity contribution in [1.82, 2.24) is 5.43 Å². The van der Waals surface area contributed by atoms with E-state index in [-0.39, 0.29) is 11.4 Å². The predicted molar refractivity (Wildman–Crippen MR) is 59.2 cm³/mol. The van der Waals surface area contributed by atoms with E-state index in [0.717, 1.165) is 0 Å². The van der Waals surface area contributed by atoms with E-state index in [4.69, 9.17) is 5.73 Å². The second-order valence-electron chi connectivity index (χ2n) is 2.81. The summed E-state index contributed by atoms with van der Waals surface area (Å²) in [4.78, 5) is 10.3. The van der Waals surface area contributed by atoms with Crippen molar-refractivity contribution in [2.24, 2.45) is 10.8 Å². The topological polar surface area (TPSA) is 67.5 Å². The van der Waals surface area contributed by atoms with Gasteiger partial charge in [-0.05, 0) is 24.6 Å². The molecule has 4 nitrogen and oxygen atoms in total. The maximum atomic E-state index is 13.5. The number of carbonyl (C=O) groups excluding carboxylic acids is 1. The third-order valence-corrected chi connectivity index (χ3v) is 2.59. The Bertz CT molecular complexity index is 420. The van der Waals surface area contributed by atoms with E-state index >= 15 is 0 Å². The SMILES string of the molecule is Cc1c(Br)ccc(C=NNC(N)=O)c1F. The first-order valence-electron chi connectivity index (χ1n) is 4.05. The van der Waals surface area contributed by atoms with Crippen LogP contribution in [0.25, 0.3) is 0 Å². The molecule has 0 aliphatic rings. The highest BCUT2D eigenvalue weighted by Gasteiger charge is 2.06. The van der Waals surface area contributed by atoms with E-state index in [2.05, 4.69) is 21.0 Å². The summed E-state index contributed by atoms with van der Waals surface area (Å²) in [6.45, 7) is 1.64. The number of carbonyl (C=O) groups is 1. The molecule has 0 radical (unpaired) electrons. The number of nitrogens with one attached hydrogen (secondary N) is 1. The van der Waals surface area contributed by atoms with Crippen LogP contribution in [0.1, 0.15) is 11.1 Å². The van der Waals surface area contributed by atoms with Crippen molar-refractivity contribution in [1.29, 1.82) is 0 Å². The van der Waals surface area contributed by atoms with E-state index in [9.17, 15) is 9.18 Å². The summed E-state index contributed by atoms with van der Waals surface area (Å²) in [5, 5.41) is 3.47. The van der Waals surface area contributed by atoms with Crippen LogP contribution >= 0.6 is 15.9 Å². The Kier molecular flexibility index (Phi) is 3.79. The number of rotatable bonds is 2. The summed E-state index contributed by atoms with van der Waals surface area (Å²) in [6.07, 6.45) is 1.19. The number of benzene rings is 1. The molecule has 0 saturated heterocycles. The normalized spacial score (nSPS) is 10.6. The summed E-state index contributed by atoms with van der Waals surface area (Å²) in [5.41, 5.74) is 7.54. The van der Waals surface area contributed by atoms with Crippen molar-refractivity contribution in [3.63, 3.8) is 0 Å². The lowest BCUT2D eigenvalue weighted by atomic mass is 10.1. The molecular formula is C9H9BrFN3O. The Balaban J connectivity index is 2.92. The summed E-state index contributed by atoms with van der Waals surface area (Å²) < 4.78 is 14.2. The first kappa shape index (κ1) is 11.6. The maximum absolute atomic E-state index is 13.5. The molecular weight excluding hydrogens is 265 g/mol. The van der Waals surface area contributed by atoms with E-state index in [0.29, 0.717) is 10.0 Å². The predicted octanol–water partition coefficient (Wildman–Crippen LogP) is 1.90. The van der Waals surface area contributed by atoms with Gasteiger partial charge in [0.15, 0.2) is 0 Å². The van der Waals surface area contributed by atoms with Crippen LogP contribution in [0.5, 0.6) is 0 Å². The minimum atomic E-state index is -0.791. The number of nitrogens with two attached hydrogens (primary N) is 1. The van der Waals surface area contributed by atoms with E-state index in [1.165, 1.54) is 6.21 Å². The molecule has 0 aliphatic carbocycles. The van der Waals surface area contributed by atoms with Gasteiger partial charge in [-0.3, -0.25) is 0 Å². The monoisotopic (exact) mass is 273 g/mol. The Hall–Kier alpha value is -1.43. The molecule has 0 fully saturated rings. The smallest absolute Gasteiger partial charge is 0.332 e. The van der Waals surface area contributed by atoms with Gasteiger partial charge in [0.25, 0.3) is 0 Å². The van der Waals surface area contributed by atoms with Crippen LogP contribution in [0.3, 0.4) is 0 Å². The average molecular weight is 274 g/mol. The van der Waals surface area contributed by atoms with Crippen molar-refractivity contribution in [2.45, 2.75) is 6.92 Å². The molecule has 0 saturated carbocycles. The summed E-state index contributed by atoms with van der Waals surface area (Å²) in [5.74, 6) is -0.389. The van der Waals surface area contributed by atoms with Crippen LogP contribution in [0.15, 0.2) is 21.7 Å². The molecule has 3 N–H and O–H groups in total. The molecule has 0 bridgehead atoms. The Morgan fingerprint density at radius 2 is 2.33 bits per heavy atom. The zero-order valence-corrected chi connectivity index (χ0v) is 9.51. The second-order valence-corrected chi connectivity index (χ2v) is 3.66. The molecule has 0 spiro atoms. The summed E-state index contributed by atoms with van der Waals surface area (Å²) in [7, 11) is 0. The van der Waals surface area contributed by atoms with Crippen molar-refractivity contribution in [2.75, 3.05) is 0 Å². The van der Waals surface area contributed by atoms with Crippen LogP contribution in [0.4, 0.5) is 9.18 Å². The Morgan fingerprint density at radius 1 is 1.67 bits per heavy atom. The van der Waals surface area contributed by atoms with E-state index in [1.807, 2.05) is 5.43 Å². The lowest BCUT2D eigenvalue weighted by Crippen LogP contribution is -2.24. The molecule has 0 atom stereocenters. The van der Waals surface area contributed by atoms with Gasteiger partial charge in [-0.15, -0.1) is 0 Å². The molecule has 2 amide bonds. The summed E-state index contributed by atoms with van der Waals surface area (Å²) >= 11 is 3.20. The molecule has 1 aromatic rings. The van der Waals surface area contributed by atoms with Crippen molar-refractivity contribution in [3.8, 4) is 0 Å². The molecule has 6 heteroatoms. The van der Waals surface area contributed by atoms with Gasteiger partial charge in [0.1, 0.15) is 5.82 Å². The van der Waals surface area contributed by atoms with Crippen LogP contribution < -0.4 is 11.2 Å². The zero-order chi connectivity index (χ0) is 11.4. The van der Waals surface area contributed by atoms with Crippen molar-refractivity contribution >= 4 is 28.2 Å². The summed E-state index contributed by atoms with van der Waals surface area (Å²) in [6, 6.07) is 2.45. The molecule has 80 valence electrons. The molecule has 0 unspecified atom stereocenters. The fraction of sp³-hybridized carbons (Fsp3) is 0.111. The zero-order valence-electron chi connectivity index (χ0n) is 7.92. The molecule has 1 aromatic carbocycles. The van der Waals surface area contributed by atoms with Crippen LogP contribution in [-0.2, 0) is 0 Å². The number of halogens is 2. The third-order valence-electron chi connectivity index (χ3n) is 1.73. The largest absolute Gasteiger partial charge is 0.350 e. The lowest BCUT2D eigenvalue weighted by molar-refractivity contribution is 0.249. The fourth-order valence-corrected chi connectivity index (χ4v) is 1.25. The van der Waals surface area contributed by atoms with Gasteiger partial charge >= 0.3 is 6.03 Å². The van der Waals surface area contributed by atoms with Gasteiger partial charge in [0.2, 0.25) is 0 Å². The molecule has 1 rings (SSSR count). The van der Waals surface area contributed by atoms with E-state index < -0.39 is 6.03 Å². The standard InChI is InChI=1S/C9H9BrFN3O/c1-5-7(10)3-2-6(8(5)11)4-13-14-9(12)15/h2-4H,1H3,(H3,12,14,15). The lowest BCUT2D eigenvalue weighted by Gasteiger charge is -2.02. The van der Waals surface area contributed by atoms with Gasteiger partial charge in [0.05, 0.1) is 6.21 Å². The van der Waals surface area contributed by atoms with Crippen LogP contribution in [-0.4, -0.2) is 12.2 Å². The fourth-order valence-electron chi connectivity index (χ4n) is 0.948. The highest BCUT2D eigenvalue weighted by Crippen LogP contribution is 2.20. The second kappa shape index (κ2) is 4.88. The average Bonchev–Trinajstić information content (AvgIpc) is 2.18. The Morgan fingerprint density at radius 3 is 2.93 bits per heavy atom. The Labute approximate surface area is 94.5 Å². The molecule has 0 aliphatic heterocycles. The van der Waals surface area contributed by atoms with Crippen LogP contribution in [0, 0.1) is 12.7 Å². The highest BCUT2D eigenvalue weighted by molar-refractivity contribution is 9.10. The number of hydrogen-bond donors (Lipinski definition) is 2. The van der Waals surface area contributed by atoms with E-state index in [1.54, 1.807) is 19.1 Å². The minimum absolute atomic E-state index is 0.282. The third kappa shape index (κ3) is 3.02. The number of hydrazone groups is 1. The van der Waals surface area contributed by atoms with Gasteiger partial charge in [-0.2, -0.15) is 5.10 Å². The first-order chi connectivity index (χ1) is 7.02. The number of amides is 2. The van der Waals surface area contributed by atoms with Gasteiger partial charge < -0.3 is 5.73 Å². The van der Waals surface area contributed by atoms with Crippen molar-refractivity contribution in [3.05, 3.63) is 33.5 Å². The quantitative estimate of drug-likeness (QED) is 0.627. The number of primary amides is 1. The van der Waals surface area contributed by atoms with Gasteiger partial charge in [0, 0.05) is 10.0 Å². The van der Waals surface area contributed by atoms with Gasteiger partial charge in [-0.25, -0.2) is 14.6 Å². The number of hydrogen-bond acceptors (Lipinski definition) is 2. The maximum Gasteiger partial charge on any atom is 0.332 e. The highest BCUT2D eigenvalue weighted by atomic mass is 79.9. The molecule has 0 aromatic heterocycles. The number of nitrogens with zero attached hydrogens (tertiary/aromatic N) is 1.